The second-order valence-electron chi connectivity index (χ2n) is 6.16. The van der Waals surface area contributed by atoms with Crippen LogP contribution in [-0.4, -0.2) is 55.0 Å². The van der Waals surface area contributed by atoms with E-state index >= 15 is 0 Å². The van der Waals surface area contributed by atoms with Gasteiger partial charge in [0.25, 0.3) is 0 Å². The van der Waals surface area contributed by atoms with Crippen LogP contribution in [0.1, 0.15) is 33.1 Å². The molecule has 2 fully saturated rings. The number of guanidine groups is 1. The first-order valence-electron chi connectivity index (χ1n) is 6.84. The highest BCUT2D eigenvalue weighted by atomic mass is 15.3. The summed E-state index contributed by atoms with van der Waals surface area (Å²) < 4.78 is 0. The van der Waals surface area contributed by atoms with E-state index in [0.29, 0.717) is 0 Å². The highest BCUT2D eigenvalue weighted by Crippen LogP contribution is 2.20. The fourth-order valence-electron chi connectivity index (χ4n) is 2.54. The van der Waals surface area contributed by atoms with Crippen LogP contribution in [-0.2, 0) is 0 Å². The van der Waals surface area contributed by atoms with Crippen LogP contribution in [0.5, 0.6) is 0 Å². The normalized spacial score (nSPS) is 22.9. The molecule has 0 aromatic rings. The van der Waals surface area contributed by atoms with Crippen molar-refractivity contribution in [3.8, 4) is 0 Å². The Kier molecular flexibility index (Phi) is 3.92. The molecule has 0 unspecified atom stereocenters. The minimum absolute atomic E-state index is 0.236. The van der Waals surface area contributed by atoms with Crippen molar-refractivity contribution in [3.05, 3.63) is 0 Å². The number of nitrogens with zero attached hydrogens (tertiary/aromatic N) is 3. The van der Waals surface area contributed by atoms with E-state index in [9.17, 15) is 0 Å². The molecular formula is C13H26N4. The topological polar surface area (TPSA) is 44.9 Å². The summed E-state index contributed by atoms with van der Waals surface area (Å²) in [5.74, 6) is 0.741. The largest absolute Gasteiger partial charge is 0.370 e. The monoisotopic (exact) mass is 238 g/mol. The van der Waals surface area contributed by atoms with Crippen LogP contribution in [0.2, 0.25) is 0 Å². The number of rotatable bonds is 4. The third kappa shape index (κ3) is 3.60. The first-order chi connectivity index (χ1) is 8.07. The van der Waals surface area contributed by atoms with E-state index in [1.807, 2.05) is 0 Å². The maximum atomic E-state index is 5.96. The molecule has 0 saturated carbocycles. The van der Waals surface area contributed by atoms with Crippen molar-refractivity contribution in [2.75, 3.05) is 39.3 Å². The molecule has 98 valence electrons. The predicted octanol–water partition coefficient (Wildman–Crippen LogP) is 1.13. The number of hydrogen-bond donors (Lipinski definition) is 1. The highest BCUT2D eigenvalue weighted by Gasteiger charge is 2.24. The van der Waals surface area contributed by atoms with Crippen LogP contribution in [0.25, 0.3) is 0 Å². The Morgan fingerprint density at radius 2 is 1.76 bits per heavy atom. The van der Waals surface area contributed by atoms with Crippen molar-refractivity contribution < 1.29 is 0 Å². The fraction of sp³-hybridized carbons (Fsp3) is 0.923. The Hall–Kier alpha value is -0.770. The van der Waals surface area contributed by atoms with Gasteiger partial charge in [0.15, 0.2) is 5.96 Å². The molecule has 0 radical (unpaired) electrons. The van der Waals surface area contributed by atoms with Gasteiger partial charge in [-0.3, -0.25) is 4.99 Å². The number of nitrogens with two attached hydrogens (primary N) is 1. The van der Waals surface area contributed by atoms with E-state index in [1.54, 1.807) is 0 Å². The van der Waals surface area contributed by atoms with Gasteiger partial charge in [-0.1, -0.05) is 13.8 Å². The molecule has 2 rings (SSSR count). The molecule has 0 aromatic carbocycles. The van der Waals surface area contributed by atoms with Gasteiger partial charge >= 0.3 is 0 Å². The first-order valence-corrected chi connectivity index (χ1v) is 6.84. The van der Waals surface area contributed by atoms with Crippen LogP contribution >= 0.6 is 0 Å². The summed E-state index contributed by atoms with van der Waals surface area (Å²) in [6.45, 7) is 11.2. The lowest BCUT2D eigenvalue weighted by atomic mass is 9.93. The molecule has 2 aliphatic rings. The molecule has 0 atom stereocenters. The molecule has 2 N–H and O–H groups in total. The third-order valence-corrected chi connectivity index (χ3v) is 3.70. The second-order valence-corrected chi connectivity index (χ2v) is 6.16. The predicted molar refractivity (Wildman–Crippen MR) is 72.1 cm³/mol. The molecule has 2 heterocycles. The molecule has 0 aliphatic carbocycles. The summed E-state index contributed by atoms with van der Waals surface area (Å²) in [6.07, 6.45) is 3.97. The zero-order valence-electron chi connectivity index (χ0n) is 11.3. The van der Waals surface area contributed by atoms with Gasteiger partial charge in [0.1, 0.15) is 0 Å². The van der Waals surface area contributed by atoms with Gasteiger partial charge in [-0.15, -0.1) is 0 Å². The third-order valence-electron chi connectivity index (χ3n) is 3.70. The van der Waals surface area contributed by atoms with Crippen LogP contribution < -0.4 is 5.73 Å². The molecule has 0 bridgehead atoms. The van der Waals surface area contributed by atoms with Gasteiger partial charge in [0.2, 0.25) is 0 Å². The number of hydrogen-bond acceptors (Lipinski definition) is 2. The molecule has 0 spiro atoms. The summed E-state index contributed by atoms with van der Waals surface area (Å²) in [5.41, 5.74) is 6.19. The summed E-state index contributed by atoms with van der Waals surface area (Å²) >= 11 is 0. The van der Waals surface area contributed by atoms with E-state index in [2.05, 4.69) is 28.6 Å². The molecule has 17 heavy (non-hydrogen) atoms. The van der Waals surface area contributed by atoms with Gasteiger partial charge in [-0.2, -0.15) is 0 Å². The van der Waals surface area contributed by atoms with Crippen molar-refractivity contribution >= 4 is 5.96 Å². The first kappa shape index (κ1) is 12.7. The quantitative estimate of drug-likeness (QED) is 0.590. The minimum Gasteiger partial charge on any atom is -0.370 e. The van der Waals surface area contributed by atoms with Gasteiger partial charge in [-0.05, 0) is 37.8 Å². The van der Waals surface area contributed by atoms with Crippen molar-refractivity contribution in [2.24, 2.45) is 16.1 Å². The van der Waals surface area contributed by atoms with E-state index < -0.39 is 0 Å². The smallest absolute Gasteiger partial charge is 0.191 e. The standard InChI is InChI=1S/C13H26N4/c1-13(2,11-16-6-3-4-7-16)10-15-12(14)17-8-5-9-17/h3-11H2,1-2H3,(H2,14,15). The zero-order valence-corrected chi connectivity index (χ0v) is 11.3. The highest BCUT2D eigenvalue weighted by molar-refractivity contribution is 5.78. The Morgan fingerprint density at radius 1 is 1.12 bits per heavy atom. The SMILES string of the molecule is CC(C)(CN=C(N)N1CCC1)CN1CCCC1. The zero-order chi connectivity index (χ0) is 12.3. The van der Waals surface area contributed by atoms with E-state index in [4.69, 9.17) is 5.73 Å². The Bertz CT molecular complexity index is 275. The molecule has 4 heteroatoms. The van der Waals surface area contributed by atoms with E-state index in [0.717, 1.165) is 32.1 Å². The van der Waals surface area contributed by atoms with Crippen LogP contribution in [0.4, 0.5) is 0 Å². The number of likely N-dealkylation sites (tertiary alicyclic amines) is 2. The Morgan fingerprint density at radius 3 is 2.29 bits per heavy atom. The van der Waals surface area contributed by atoms with Gasteiger partial charge < -0.3 is 15.5 Å². The fourth-order valence-corrected chi connectivity index (χ4v) is 2.54. The molecule has 2 saturated heterocycles. The lowest BCUT2D eigenvalue weighted by Crippen LogP contribution is -2.47. The van der Waals surface area contributed by atoms with Crippen molar-refractivity contribution in [1.82, 2.24) is 9.80 Å². The molecule has 0 aromatic heterocycles. The molecule has 0 amide bonds. The van der Waals surface area contributed by atoms with Crippen LogP contribution in [0, 0.1) is 5.41 Å². The van der Waals surface area contributed by atoms with Gasteiger partial charge in [0.05, 0.1) is 0 Å². The average molecular weight is 238 g/mol. The Labute approximate surface area is 105 Å². The minimum atomic E-state index is 0.236. The van der Waals surface area contributed by atoms with Gasteiger partial charge in [-0.25, -0.2) is 0 Å². The van der Waals surface area contributed by atoms with E-state index in [1.165, 1.54) is 32.4 Å². The number of aliphatic imine (C=N–C) groups is 1. The van der Waals surface area contributed by atoms with Crippen LogP contribution in [0.15, 0.2) is 4.99 Å². The van der Waals surface area contributed by atoms with Crippen LogP contribution in [0.3, 0.4) is 0 Å². The maximum absolute atomic E-state index is 5.96. The van der Waals surface area contributed by atoms with E-state index in [-0.39, 0.29) is 5.41 Å². The summed E-state index contributed by atoms with van der Waals surface area (Å²) in [6, 6.07) is 0. The lowest BCUT2D eigenvalue weighted by Gasteiger charge is -2.33. The summed E-state index contributed by atoms with van der Waals surface area (Å²) in [4.78, 5) is 9.26. The maximum Gasteiger partial charge on any atom is 0.191 e. The second kappa shape index (κ2) is 5.25. The van der Waals surface area contributed by atoms with Gasteiger partial charge in [0, 0.05) is 26.2 Å². The molecular weight excluding hydrogens is 212 g/mol. The Balaban J connectivity index is 1.78. The summed E-state index contributed by atoms with van der Waals surface area (Å²) in [7, 11) is 0. The van der Waals surface area contributed by atoms with Crippen molar-refractivity contribution in [3.63, 3.8) is 0 Å². The average Bonchev–Trinajstić information content (AvgIpc) is 2.64. The molecule has 4 nitrogen and oxygen atoms in total. The lowest BCUT2D eigenvalue weighted by molar-refractivity contribution is 0.215. The van der Waals surface area contributed by atoms with Crippen molar-refractivity contribution in [2.45, 2.75) is 33.1 Å². The van der Waals surface area contributed by atoms with Crippen molar-refractivity contribution in [1.29, 1.82) is 0 Å². The molecule has 2 aliphatic heterocycles. The summed E-state index contributed by atoms with van der Waals surface area (Å²) in [5, 5.41) is 0.